The number of anilines is 6. The van der Waals surface area contributed by atoms with Crippen LogP contribution in [0.3, 0.4) is 0 Å². The first-order valence-electron chi connectivity index (χ1n) is 39.7. The van der Waals surface area contributed by atoms with Gasteiger partial charge in [-0.1, -0.05) is 270 Å². The number of fused-ring (bicyclic) bond motifs is 16. The Bertz CT molecular complexity index is 7510. The maximum atomic E-state index is 5.40. The van der Waals surface area contributed by atoms with Crippen molar-refractivity contribution in [3.8, 4) is 78.7 Å². The van der Waals surface area contributed by atoms with Crippen molar-refractivity contribution in [2.24, 2.45) is 0 Å². The molecule has 0 N–H and O–H groups in total. The first-order chi connectivity index (χ1) is 57.0. The van der Waals surface area contributed by atoms with Crippen LogP contribution in [0, 0.1) is 0 Å². The molecule has 2 aliphatic rings. The van der Waals surface area contributed by atoms with Crippen LogP contribution in [0.15, 0.2) is 376 Å². The normalized spacial score (nSPS) is 13.0. The number of aromatic nitrogens is 4. The Morgan fingerprint density at radius 3 is 1.00 bits per heavy atom. The summed E-state index contributed by atoms with van der Waals surface area (Å²) >= 11 is 3.69. The van der Waals surface area contributed by atoms with Crippen molar-refractivity contribution in [3.63, 3.8) is 0 Å². The summed E-state index contributed by atoms with van der Waals surface area (Å²) in [6, 6.07) is 136. The zero-order valence-corrected chi connectivity index (χ0v) is 65.9. The first kappa shape index (κ1) is 68.8. The van der Waals surface area contributed by atoms with Crippen molar-refractivity contribution in [2.75, 3.05) is 9.80 Å². The maximum absolute atomic E-state index is 5.40. The quantitative estimate of drug-likeness (QED) is 0.129. The van der Waals surface area contributed by atoms with Gasteiger partial charge in [0.25, 0.3) is 0 Å². The predicted octanol–water partition coefficient (Wildman–Crippen LogP) is 30.2. The van der Waals surface area contributed by atoms with E-state index in [1.807, 2.05) is 22.7 Å². The summed E-state index contributed by atoms with van der Waals surface area (Å²) < 4.78 is 5.06. The Kier molecular flexibility index (Phi) is 16.2. The SMILES string of the molecule is CC1(C)c2ccccc2-c2ccc(N(c3ccc(-c4ccccc4)cc3)c3ccc(-c4nc(-c5cccc6c5sc5cc7ccccc7cc56)c5ccccc5n4)cc3)cc21.CC1(C)c2ccccc2-c2ccc(N(c3ccccc3)c3ccc(-c4nc(-c5cccc6c5sc5cc7ccccc7cc56)c5ccccc5n4)cc3)cc21. The van der Waals surface area contributed by atoms with E-state index >= 15 is 0 Å². The van der Waals surface area contributed by atoms with E-state index in [4.69, 9.17) is 19.9 Å². The highest BCUT2D eigenvalue weighted by Gasteiger charge is 2.38. The van der Waals surface area contributed by atoms with Crippen LogP contribution in [0.5, 0.6) is 0 Å². The summed E-state index contributed by atoms with van der Waals surface area (Å²) in [6.45, 7) is 9.36. The highest BCUT2D eigenvalue weighted by Crippen LogP contribution is 2.54. The Balaban J connectivity index is 0.000000141. The number of thiophene rings is 2. The summed E-state index contributed by atoms with van der Waals surface area (Å²) in [5.74, 6) is 1.42. The van der Waals surface area contributed by atoms with Gasteiger partial charge < -0.3 is 9.80 Å². The lowest BCUT2D eigenvalue weighted by atomic mass is 9.82. The fourth-order valence-electron chi connectivity index (χ4n) is 18.2. The lowest BCUT2D eigenvalue weighted by Crippen LogP contribution is -2.16. The highest BCUT2D eigenvalue weighted by molar-refractivity contribution is 7.27. The number of hydrogen-bond donors (Lipinski definition) is 0. The average Bonchev–Trinajstić information content (AvgIpc) is 1.59. The standard InChI is InChI=1S/C57H39N3S.C51H35N3S/c1-57(2)50-21-10-8-17-44(50)45-32-31-43(35-51(45)57)60(41-27-23-37(24-28-41)36-13-4-3-5-14-36)42-29-25-38(26-30-42)56-58-52-22-11-9-18-47(52)54(59-56)48-20-12-19-46-49-33-39-15-6-7-16-40(39)34-53(49)61-55(46)48;1-51(2)44-21-10-8-17-38(44)39-28-27-37(31-45(39)51)54(35-15-4-3-5-16-35)36-25-23-32(24-26-36)50-52-46-22-11-9-18-41(46)48(53-50)42-20-12-19-40-43-29-33-13-6-7-14-34(33)30-47(43)55-49(40)42/h3-35H,1-2H3;3-31H,1-2H3. The molecule has 6 nitrogen and oxygen atoms in total. The van der Waals surface area contributed by atoms with Crippen molar-refractivity contribution in [3.05, 3.63) is 398 Å². The average molecular weight is 1520 g/mol. The van der Waals surface area contributed by atoms with Gasteiger partial charge in [0.1, 0.15) is 0 Å². The van der Waals surface area contributed by atoms with Gasteiger partial charge in [-0.2, -0.15) is 0 Å². The molecule has 17 aromatic carbocycles. The molecule has 0 spiro atoms. The summed E-state index contributed by atoms with van der Waals surface area (Å²) in [5.41, 5.74) is 27.5. The van der Waals surface area contributed by atoms with Crippen molar-refractivity contribution in [1.29, 1.82) is 0 Å². The number of benzene rings is 17. The third-order valence-corrected chi connectivity index (χ3v) is 26.5. The molecule has 0 saturated heterocycles. The minimum absolute atomic E-state index is 0.0897. The van der Waals surface area contributed by atoms with Gasteiger partial charge in [0.15, 0.2) is 11.6 Å². The molecular weight excluding hydrogens is 1450 g/mol. The summed E-state index contributed by atoms with van der Waals surface area (Å²) in [5, 5.41) is 12.2. The topological polar surface area (TPSA) is 58.0 Å². The molecule has 23 rings (SSSR count). The molecule has 116 heavy (non-hydrogen) atoms. The predicted molar refractivity (Wildman–Crippen MR) is 492 cm³/mol. The van der Waals surface area contributed by atoms with E-state index in [2.05, 4.69) is 414 Å². The number of rotatable bonds is 11. The zero-order valence-electron chi connectivity index (χ0n) is 64.3. The minimum atomic E-state index is -0.117. The molecule has 0 aliphatic heterocycles. The van der Waals surface area contributed by atoms with Gasteiger partial charge in [0, 0.05) is 118 Å². The van der Waals surface area contributed by atoms with Crippen LogP contribution in [0.25, 0.3) is 162 Å². The Labute approximate surface area is 680 Å². The largest absolute Gasteiger partial charge is 0.310 e. The molecule has 0 atom stereocenters. The number of nitrogens with zero attached hydrogens (tertiary/aromatic N) is 6. The van der Waals surface area contributed by atoms with Gasteiger partial charge in [-0.15, -0.1) is 22.7 Å². The third kappa shape index (κ3) is 11.5. The highest BCUT2D eigenvalue weighted by atomic mass is 32.1. The molecule has 0 unspecified atom stereocenters. The van der Waals surface area contributed by atoms with Crippen LogP contribution in [0.4, 0.5) is 34.1 Å². The van der Waals surface area contributed by atoms with Crippen molar-refractivity contribution >= 4 is 140 Å². The summed E-state index contributed by atoms with van der Waals surface area (Å²) in [6.07, 6.45) is 0. The molecule has 21 aromatic rings. The van der Waals surface area contributed by atoms with E-state index in [-0.39, 0.29) is 10.8 Å². The zero-order chi connectivity index (χ0) is 77.3. The lowest BCUT2D eigenvalue weighted by molar-refractivity contribution is 0.660. The first-order valence-corrected chi connectivity index (χ1v) is 41.4. The van der Waals surface area contributed by atoms with Crippen LogP contribution >= 0.6 is 22.7 Å². The second-order valence-corrected chi connectivity index (χ2v) is 33.7. The summed E-state index contributed by atoms with van der Waals surface area (Å²) in [7, 11) is 0. The molecule has 0 saturated carbocycles. The molecule has 0 fully saturated rings. The fourth-order valence-corrected chi connectivity index (χ4v) is 20.7. The van der Waals surface area contributed by atoms with E-state index < -0.39 is 0 Å². The molecule has 4 heterocycles. The molecule has 0 amide bonds. The van der Waals surface area contributed by atoms with Crippen LogP contribution < -0.4 is 9.80 Å². The van der Waals surface area contributed by atoms with Crippen molar-refractivity contribution in [2.45, 2.75) is 38.5 Å². The van der Waals surface area contributed by atoms with Crippen LogP contribution in [-0.4, -0.2) is 19.9 Å². The van der Waals surface area contributed by atoms with Gasteiger partial charge in [0.05, 0.1) is 22.4 Å². The lowest BCUT2D eigenvalue weighted by Gasteiger charge is -2.28. The van der Waals surface area contributed by atoms with Gasteiger partial charge in [-0.05, 0) is 211 Å². The van der Waals surface area contributed by atoms with Gasteiger partial charge in [-0.3, -0.25) is 0 Å². The maximum Gasteiger partial charge on any atom is 0.160 e. The van der Waals surface area contributed by atoms with E-state index in [0.29, 0.717) is 11.6 Å². The van der Waals surface area contributed by atoms with Crippen LogP contribution in [0.2, 0.25) is 0 Å². The smallest absolute Gasteiger partial charge is 0.160 e. The van der Waals surface area contributed by atoms with Gasteiger partial charge in [0.2, 0.25) is 0 Å². The third-order valence-electron chi connectivity index (χ3n) is 24.1. The molecule has 0 radical (unpaired) electrons. The van der Waals surface area contributed by atoms with E-state index in [1.54, 1.807) is 0 Å². The van der Waals surface area contributed by atoms with Crippen LogP contribution in [0.1, 0.15) is 49.9 Å². The van der Waals surface area contributed by atoms with Crippen LogP contribution in [-0.2, 0) is 10.8 Å². The molecule has 0 bridgehead atoms. The Morgan fingerprint density at radius 2 is 0.552 bits per heavy atom. The second kappa shape index (κ2) is 27.4. The van der Waals surface area contributed by atoms with E-state index in [9.17, 15) is 0 Å². The fraction of sp³-hybridized carbons (Fsp3) is 0.0556. The van der Waals surface area contributed by atoms with Crippen molar-refractivity contribution < 1.29 is 0 Å². The van der Waals surface area contributed by atoms with Gasteiger partial charge >= 0.3 is 0 Å². The summed E-state index contributed by atoms with van der Waals surface area (Å²) in [4.78, 5) is 25.8. The van der Waals surface area contributed by atoms with Gasteiger partial charge in [-0.25, -0.2) is 19.9 Å². The number of para-hydroxylation sites is 3. The molecule has 2 aliphatic carbocycles. The van der Waals surface area contributed by atoms with E-state index in [1.165, 1.54) is 118 Å². The monoisotopic (exact) mass is 1520 g/mol. The Morgan fingerprint density at radius 1 is 0.224 bits per heavy atom. The second-order valence-electron chi connectivity index (χ2n) is 31.6. The molecular formula is C108H74N6S2. The van der Waals surface area contributed by atoms with Crippen molar-refractivity contribution in [1.82, 2.24) is 19.9 Å². The molecule has 8 heteroatoms. The van der Waals surface area contributed by atoms with E-state index in [0.717, 1.165) is 89.6 Å². The Hall–Kier alpha value is -14.0. The number of hydrogen-bond acceptors (Lipinski definition) is 8. The molecule has 4 aromatic heterocycles. The molecule has 548 valence electrons. The minimum Gasteiger partial charge on any atom is -0.310 e.